The Morgan fingerprint density at radius 1 is 1.30 bits per heavy atom. The summed E-state index contributed by atoms with van der Waals surface area (Å²) < 4.78 is 0. The fourth-order valence-corrected chi connectivity index (χ4v) is 0.533. The van der Waals surface area contributed by atoms with Crippen LogP contribution in [0.5, 0.6) is 0 Å². The maximum atomic E-state index is 8.40. The van der Waals surface area contributed by atoms with Gasteiger partial charge in [-0.2, -0.15) is 10.5 Å². The number of nitriles is 2. The first-order chi connectivity index (χ1) is 4.88. The zero-order valence-corrected chi connectivity index (χ0v) is 5.00. The fourth-order valence-electron chi connectivity index (χ4n) is 0.533. The average Bonchev–Trinajstić information content (AvgIpc) is 2.04. The van der Waals surface area contributed by atoms with Gasteiger partial charge in [-0.25, -0.2) is 0 Å². The van der Waals surface area contributed by atoms with Gasteiger partial charge in [0.1, 0.15) is 12.1 Å². The molecule has 1 aromatic rings. The SMILES string of the molecule is N#Cc1c[c]ncc1C#N. The molecule has 1 heterocycles. The third-order valence-electron chi connectivity index (χ3n) is 1.01. The van der Waals surface area contributed by atoms with Crippen LogP contribution in [0.15, 0.2) is 12.3 Å². The molecule has 1 aromatic heterocycles. The quantitative estimate of drug-likeness (QED) is 0.514. The first kappa shape index (κ1) is 6.25. The Labute approximate surface area is 58.2 Å². The Hall–Kier alpha value is -1.87. The number of pyridine rings is 1. The van der Waals surface area contributed by atoms with E-state index in [1.165, 1.54) is 12.3 Å². The molecule has 3 heteroatoms. The molecule has 0 saturated heterocycles. The van der Waals surface area contributed by atoms with Gasteiger partial charge in [-0.3, -0.25) is 4.98 Å². The van der Waals surface area contributed by atoms with E-state index in [1.807, 2.05) is 12.1 Å². The molecule has 0 atom stereocenters. The summed E-state index contributed by atoms with van der Waals surface area (Å²) in [6, 6.07) is 5.08. The van der Waals surface area contributed by atoms with Gasteiger partial charge in [0.2, 0.25) is 0 Å². The Morgan fingerprint density at radius 2 is 2.00 bits per heavy atom. The first-order valence-corrected chi connectivity index (χ1v) is 2.55. The van der Waals surface area contributed by atoms with Crippen molar-refractivity contribution in [2.45, 2.75) is 0 Å². The van der Waals surface area contributed by atoms with Crippen LogP contribution in [0.3, 0.4) is 0 Å². The van der Waals surface area contributed by atoms with Crippen LogP contribution in [0, 0.1) is 28.9 Å². The van der Waals surface area contributed by atoms with Crippen LogP contribution in [0.2, 0.25) is 0 Å². The van der Waals surface area contributed by atoms with E-state index in [0.29, 0.717) is 11.1 Å². The number of aromatic nitrogens is 1. The number of nitrogens with zero attached hydrogens (tertiary/aromatic N) is 3. The first-order valence-electron chi connectivity index (χ1n) is 2.55. The van der Waals surface area contributed by atoms with Gasteiger partial charge in [0.05, 0.1) is 17.3 Å². The molecule has 1 rings (SSSR count). The van der Waals surface area contributed by atoms with Gasteiger partial charge < -0.3 is 0 Å². The van der Waals surface area contributed by atoms with Crippen LogP contribution in [-0.2, 0) is 0 Å². The molecule has 45 valence electrons. The third-order valence-corrected chi connectivity index (χ3v) is 1.01. The highest BCUT2D eigenvalue weighted by Gasteiger charge is 1.97. The predicted molar refractivity (Wildman–Crippen MR) is 32.5 cm³/mol. The van der Waals surface area contributed by atoms with Crippen LogP contribution in [0.4, 0.5) is 0 Å². The molecular weight excluding hydrogens is 126 g/mol. The van der Waals surface area contributed by atoms with E-state index < -0.39 is 0 Å². The highest BCUT2D eigenvalue weighted by Crippen LogP contribution is 2.01. The normalized spacial score (nSPS) is 7.80. The van der Waals surface area contributed by atoms with E-state index >= 15 is 0 Å². The molecule has 0 amide bonds. The van der Waals surface area contributed by atoms with Crippen LogP contribution in [-0.4, -0.2) is 4.98 Å². The molecule has 0 saturated carbocycles. The average molecular weight is 128 g/mol. The van der Waals surface area contributed by atoms with E-state index in [9.17, 15) is 0 Å². The molecule has 0 aromatic carbocycles. The van der Waals surface area contributed by atoms with Crippen LogP contribution < -0.4 is 0 Å². The van der Waals surface area contributed by atoms with Crippen LogP contribution >= 0.6 is 0 Å². The molecule has 3 nitrogen and oxygen atoms in total. The lowest BCUT2D eigenvalue weighted by atomic mass is 10.2. The molecule has 0 spiro atoms. The van der Waals surface area contributed by atoms with Gasteiger partial charge in [-0.1, -0.05) is 0 Å². The van der Waals surface area contributed by atoms with Gasteiger partial charge >= 0.3 is 0 Å². The number of hydrogen-bond acceptors (Lipinski definition) is 3. The summed E-state index contributed by atoms with van der Waals surface area (Å²) in [6.07, 6.45) is 3.78. The van der Waals surface area contributed by atoms with Crippen LogP contribution in [0.25, 0.3) is 0 Å². The maximum absolute atomic E-state index is 8.40. The largest absolute Gasteiger partial charge is 0.253 e. The summed E-state index contributed by atoms with van der Waals surface area (Å²) in [6.45, 7) is 0. The second kappa shape index (κ2) is 2.61. The van der Waals surface area contributed by atoms with Crippen molar-refractivity contribution in [2.24, 2.45) is 0 Å². The van der Waals surface area contributed by atoms with Gasteiger partial charge in [0.25, 0.3) is 0 Å². The minimum Gasteiger partial charge on any atom is -0.253 e. The van der Waals surface area contributed by atoms with Crippen molar-refractivity contribution in [2.75, 3.05) is 0 Å². The predicted octanol–water partition coefficient (Wildman–Crippen LogP) is 0.625. The summed E-state index contributed by atoms with van der Waals surface area (Å²) in [5, 5.41) is 16.8. The van der Waals surface area contributed by atoms with Crippen molar-refractivity contribution >= 4 is 0 Å². The monoisotopic (exact) mass is 128 g/mol. The van der Waals surface area contributed by atoms with Crippen molar-refractivity contribution in [1.82, 2.24) is 4.98 Å². The topological polar surface area (TPSA) is 60.5 Å². The summed E-state index contributed by atoms with van der Waals surface area (Å²) >= 11 is 0. The van der Waals surface area contributed by atoms with Crippen molar-refractivity contribution in [3.8, 4) is 12.1 Å². The molecule has 10 heavy (non-hydrogen) atoms. The highest BCUT2D eigenvalue weighted by molar-refractivity contribution is 5.42. The second-order valence-corrected chi connectivity index (χ2v) is 1.58. The fraction of sp³-hybridized carbons (Fsp3) is 0. The summed E-state index contributed by atoms with van der Waals surface area (Å²) in [7, 11) is 0. The number of rotatable bonds is 0. The van der Waals surface area contributed by atoms with Gasteiger partial charge in [0.15, 0.2) is 0 Å². The zero-order chi connectivity index (χ0) is 7.40. The number of hydrogen-bond donors (Lipinski definition) is 0. The molecule has 0 bridgehead atoms. The molecule has 0 aliphatic carbocycles. The van der Waals surface area contributed by atoms with Crippen molar-refractivity contribution in [1.29, 1.82) is 10.5 Å². The summed E-state index contributed by atoms with van der Waals surface area (Å²) in [5.74, 6) is 0. The second-order valence-electron chi connectivity index (χ2n) is 1.58. The lowest BCUT2D eigenvalue weighted by Gasteiger charge is -1.86. The lowest BCUT2D eigenvalue weighted by molar-refractivity contribution is 1.27. The summed E-state index contributed by atoms with van der Waals surface area (Å²) in [5.41, 5.74) is 0.610. The van der Waals surface area contributed by atoms with Crippen molar-refractivity contribution < 1.29 is 0 Å². The minimum absolute atomic E-state index is 0.293. The molecule has 0 fully saturated rings. The van der Waals surface area contributed by atoms with Gasteiger partial charge in [-0.15, -0.1) is 0 Å². The lowest BCUT2D eigenvalue weighted by Crippen LogP contribution is -1.83. The van der Waals surface area contributed by atoms with Gasteiger partial charge in [-0.05, 0) is 6.07 Å². The van der Waals surface area contributed by atoms with Crippen molar-refractivity contribution in [3.05, 3.63) is 29.6 Å². The Balaban J connectivity index is 3.28. The van der Waals surface area contributed by atoms with Crippen molar-refractivity contribution in [3.63, 3.8) is 0 Å². The zero-order valence-electron chi connectivity index (χ0n) is 5.00. The molecule has 0 aliphatic rings. The highest BCUT2D eigenvalue weighted by atomic mass is 14.6. The minimum atomic E-state index is 0.293. The molecule has 0 N–H and O–H groups in total. The Bertz CT molecular complexity index is 283. The molecular formula is C7H2N3. The van der Waals surface area contributed by atoms with Crippen LogP contribution in [0.1, 0.15) is 11.1 Å². The van der Waals surface area contributed by atoms with E-state index in [1.54, 1.807) is 0 Å². The van der Waals surface area contributed by atoms with Gasteiger partial charge in [0, 0.05) is 6.20 Å². The Kier molecular flexibility index (Phi) is 1.63. The standard InChI is InChI=1S/C7H2N3/c8-3-6-1-2-10-5-7(6)4-9/h1,5H. The van der Waals surface area contributed by atoms with E-state index in [4.69, 9.17) is 10.5 Å². The molecule has 0 aliphatic heterocycles. The van der Waals surface area contributed by atoms with E-state index in [-0.39, 0.29) is 0 Å². The van der Waals surface area contributed by atoms with E-state index in [2.05, 4.69) is 11.2 Å². The smallest absolute Gasteiger partial charge is 0.102 e. The third kappa shape index (κ3) is 0.936. The molecule has 0 unspecified atom stereocenters. The van der Waals surface area contributed by atoms with E-state index in [0.717, 1.165) is 0 Å². The summed E-state index contributed by atoms with van der Waals surface area (Å²) in [4.78, 5) is 3.57. The Morgan fingerprint density at radius 3 is 2.50 bits per heavy atom. The maximum Gasteiger partial charge on any atom is 0.102 e. The molecule has 1 radical (unpaired) electrons.